The van der Waals surface area contributed by atoms with Gasteiger partial charge in [-0.05, 0) is 24.7 Å². The molecule has 1 heterocycles. The first-order valence-corrected chi connectivity index (χ1v) is 9.50. The van der Waals surface area contributed by atoms with Crippen molar-refractivity contribution in [2.45, 2.75) is 52.0 Å². The van der Waals surface area contributed by atoms with Gasteiger partial charge in [0.25, 0.3) is 0 Å². The molecule has 0 aromatic carbocycles. The van der Waals surface area contributed by atoms with E-state index >= 15 is 0 Å². The molecule has 2 amide bonds. The number of rotatable bonds is 6. The molecule has 26 heavy (non-hydrogen) atoms. The molecule has 1 saturated heterocycles. The van der Waals surface area contributed by atoms with E-state index < -0.39 is 6.04 Å². The predicted molar refractivity (Wildman–Crippen MR) is 110 cm³/mol. The Kier molecular flexibility index (Phi) is 12.5. The third kappa shape index (κ3) is 7.99. The van der Waals surface area contributed by atoms with Gasteiger partial charge in [0.2, 0.25) is 11.8 Å². The van der Waals surface area contributed by atoms with Crippen LogP contribution in [0.5, 0.6) is 0 Å². The molecule has 8 heteroatoms. The molecular weight excluding hydrogens is 375 g/mol. The molecule has 1 aliphatic carbocycles. The summed E-state index contributed by atoms with van der Waals surface area (Å²) < 4.78 is 0. The average molecular weight is 411 g/mol. The van der Waals surface area contributed by atoms with Crippen LogP contribution in [0.3, 0.4) is 0 Å². The fourth-order valence-corrected chi connectivity index (χ4v) is 3.61. The van der Waals surface area contributed by atoms with Crippen molar-refractivity contribution in [3.8, 4) is 0 Å². The Hall–Kier alpha value is -0.560. The molecule has 1 atom stereocenters. The first kappa shape index (κ1) is 25.4. The van der Waals surface area contributed by atoms with Gasteiger partial charge in [0.05, 0.1) is 12.6 Å². The molecular formula is C18H36Cl2N4O2. The Morgan fingerprint density at radius 1 is 1.04 bits per heavy atom. The number of carbonyl (C=O) groups is 2. The van der Waals surface area contributed by atoms with Crippen LogP contribution in [0.4, 0.5) is 0 Å². The van der Waals surface area contributed by atoms with Crippen LogP contribution in [-0.2, 0) is 9.59 Å². The van der Waals surface area contributed by atoms with Crippen LogP contribution < -0.4 is 11.1 Å². The van der Waals surface area contributed by atoms with Crippen LogP contribution in [0, 0.1) is 11.8 Å². The minimum absolute atomic E-state index is 0. The van der Waals surface area contributed by atoms with Gasteiger partial charge in [0, 0.05) is 32.7 Å². The summed E-state index contributed by atoms with van der Waals surface area (Å²) in [6, 6.07) is -0.551. The zero-order valence-corrected chi connectivity index (χ0v) is 17.7. The fourth-order valence-electron chi connectivity index (χ4n) is 3.61. The van der Waals surface area contributed by atoms with Crippen LogP contribution in [0.1, 0.15) is 46.0 Å². The molecule has 2 rings (SSSR count). The summed E-state index contributed by atoms with van der Waals surface area (Å²) in [4.78, 5) is 28.4. The van der Waals surface area contributed by atoms with E-state index in [2.05, 4.69) is 10.2 Å². The lowest BCUT2D eigenvalue weighted by atomic mass is 9.89. The maximum Gasteiger partial charge on any atom is 0.242 e. The SMILES string of the molecule is CC(C)[C@H](N)C(=O)NCC(=O)N1CCN(CC2CCCCC2)CC1.Cl.Cl. The predicted octanol–water partition coefficient (Wildman–Crippen LogP) is 1.65. The third-order valence-corrected chi connectivity index (χ3v) is 5.40. The number of halogens is 2. The van der Waals surface area contributed by atoms with Crippen molar-refractivity contribution in [1.82, 2.24) is 15.1 Å². The van der Waals surface area contributed by atoms with Gasteiger partial charge in [0.1, 0.15) is 0 Å². The van der Waals surface area contributed by atoms with E-state index in [0.29, 0.717) is 0 Å². The van der Waals surface area contributed by atoms with Crippen molar-refractivity contribution >= 4 is 36.6 Å². The zero-order valence-electron chi connectivity index (χ0n) is 16.1. The third-order valence-electron chi connectivity index (χ3n) is 5.40. The van der Waals surface area contributed by atoms with Crippen LogP contribution in [0.25, 0.3) is 0 Å². The van der Waals surface area contributed by atoms with Gasteiger partial charge in [-0.15, -0.1) is 24.8 Å². The maximum absolute atomic E-state index is 12.2. The fraction of sp³-hybridized carbons (Fsp3) is 0.889. The van der Waals surface area contributed by atoms with E-state index in [1.807, 2.05) is 18.7 Å². The number of carbonyl (C=O) groups excluding carboxylic acids is 2. The highest BCUT2D eigenvalue weighted by Crippen LogP contribution is 2.24. The lowest BCUT2D eigenvalue weighted by Crippen LogP contribution is -2.53. The van der Waals surface area contributed by atoms with Gasteiger partial charge in [-0.25, -0.2) is 0 Å². The molecule has 0 aromatic rings. The standard InChI is InChI=1S/C18H34N4O2.2ClH/c1-14(2)17(19)18(24)20-12-16(23)22-10-8-21(9-11-22)13-15-6-4-3-5-7-15;;/h14-15,17H,3-13,19H2,1-2H3,(H,20,24);2*1H/t17-;;/m0../s1. The lowest BCUT2D eigenvalue weighted by molar-refractivity contribution is -0.134. The molecule has 0 aromatic heterocycles. The normalized spacial score (nSPS) is 20.1. The summed E-state index contributed by atoms with van der Waals surface area (Å²) in [6.07, 6.45) is 6.87. The van der Waals surface area contributed by atoms with Crippen molar-refractivity contribution in [2.75, 3.05) is 39.3 Å². The van der Waals surface area contributed by atoms with E-state index in [1.165, 1.54) is 38.6 Å². The Morgan fingerprint density at radius 2 is 1.62 bits per heavy atom. The van der Waals surface area contributed by atoms with Gasteiger partial charge >= 0.3 is 0 Å². The van der Waals surface area contributed by atoms with Crippen LogP contribution in [0.15, 0.2) is 0 Å². The molecule has 0 bridgehead atoms. The highest BCUT2D eigenvalue weighted by molar-refractivity contribution is 5.87. The van der Waals surface area contributed by atoms with Gasteiger partial charge in [-0.3, -0.25) is 14.5 Å². The molecule has 1 aliphatic heterocycles. The molecule has 0 spiro atoms. The Balaban J connectivity index is 0.00000312. The van der Waals surface area contributed by atoms with Crippen LogP contribution in [-0.4, -0.2) is 66.9 Å². The largest absolute Gasteiger partial charge is 0.346 e. The summed E-state index contributed by atoms with van der Waals surface area (Å²) in [6.45, 7) is 8.46. The summed E-state index contributed by atoms with van der Waals surface area (Å²) in [5.41, 5.74) is 5.79. The molecule has 154 valence electrons. The molecule has 3 N–H and O–H groups in total. The topological polar surface area (TPSA) is 78.7 Å². The van der Waals surface area contributed by atoms with Crippen molar-refractivity contribution in [3.05, 3.63) is 0 Å². The van der Waals surface area contributed by atoms with Crippen molar-refractivity contribution in [2.24, 2.45) is 17.6 Å². The van der Waals surface area contributed by atoms with E-state index in [-0.39, 0.29) is 49.1 Å². The van der Waals surface area contributed by atoms with Crippen LogP contribution in [0.2, 0.25) is 0 Å². The van der Waals surface area contributed by atoms with Gasteiger partial charge in [0.15, 0.2) is 0 Å². The van der Waals surface area contributed by atoms with E-state index in [1.54, 1.807) is 0 Å². The van der Waals surface area contributed by atoms with Crippen molar-refractivity contribution < 1.29 is 9.59 Å². The summed E-state index contributed by atoms with van der Waals surface area (Å²) in [5, 5.41) is 2.67. The smallest absolute Gasteiger partial charge is 0.242 e. The van der Waals surface area contributed by atoms with E-state index in [4.69, 9.17) is 5.73 Å². The zero-order chi connectivity index (χ0) is 17.5. The molecule has 6 nitrogen and oxygen atoms in total. The number of nitrogens with zero attached hydrogens (tertiary/aromatic N) is 2. The number of nitrogens with two attached hydrogens (primary N) is 1. The number of nitrogens with one attached hydrogen (secondary N) is 1. The number of amides is 2. The van der Waals surface area contributed by atoms with Gasteiger partial charge in [-0.1, -0.05) is 33.1 Å². The molecule has 0 unspecified atom stereocenters. The number of piperazine rings is 1. The molecule has 0 radical (unpaired) electrons. The van der Waals surface area contributed by atoms with Gasteiger partial charge in [-0.2, -0.15) is 0 Å². The molecule has 2 aliphatic rings. The first-order chi connectivity index (χ1) is 11.5. The van der Waals surface area contributed by atoms with Crippen molar-refractivity contribution in [1.29, 1.82) is 0 Å². The average Bonchev–Trinajstić information content (AvgIpc) is 2.60. The monoisotopic (exact) mass is 410 g/mol. The number of hydrogen-bond acceptors (Lipinski definition) is 4. The minimum Gasteiger partial charge on any atom is -0.346 e. The maximum atomic E-state index is 12.2. The molecule has 2 fully saturated rings. The Labute approximate surface area is 170 Å². The second-order valence-corrected chi connectivity index (χ2v) is 7.67. The Morgan fingerprint density at radius 3 is 2.15 bits per heavy atom. The van der Waals surface area contributed by atoms with Crippen molar-refractivity contribution in [3.63, 3.8) is 0 Å². The summed E-state index contributed by atoms with van der Waals surface area (Å²) in [5.74, 6) is 0.673. The second kappa shape index (κ2) is 12.8. The number of hydrogen-bond donors (Lipinski definition) is 2. The summed E-state index contributed by atoms with van der Waals surface area (Å²) >= 11 is 0. The lowest BCUT2D eigenvalue weighted by Gasteiger charge is -2.37. The summed E-state index contributed by atoms with van der Waals surface area (Å²) in [7, 11) is 0. The second-order valence-electron chi connectivity index (χ2n) is 7.67. The van der Waals surface area contributed by atoms with E-state index in [9.17, 15) is 9.59 Å². The van der Waals surface area contributed by atoms with Gasteiger partial charge < -0.3 is 16.0 Å². The first-order valence-electron chi connectivity index (χ1n) is 9.50. The highest BCUT2D eigenvalue weighted by atomic mass is 35.5. The molecule has 1 saturated carbocycles. The van der Waals surface area contributed by atoms with E-state index in [0.717, 1.165) is 32.1 Å². The van der Waals surface area contributed by atoms with Crippen LogP contribution >= 0.6 is 24.8 Å². The Bertz CT molecular complexity index is 423. The highest BCUT2D eigenvalue weighted by Gasteiger charge is 2.24. The minimum atomic E-state index is -0.551. The quantitative estimate of drug-likeness (QED) is 0.697.